The number of carboxylic acids is 1. The normalized spacial score (nSPS) is 13.8. The number of hydrogen-bond donors (Lipinski definition) is 6. The molecule has 0 rings (SSSR count). The number of aliphatic carboxylic acids is 1. The van der Waals surface area contributed by atoms with Crippen LogP contribution < -0.4 is 27.0 Å². The van der Waals surface area contributed by atoms with Gasteiger partial charge in [-0.15, -0.1) is 0 Å². The fourth-order valence-electron chi connectivity index (χ4n) is 3.24. The number of nitrogens with one attached hydrogen (secondary N) is 4. The van der Waals surface area contributed by atoms with Gasteiger partial charge in [0.05, 0.1) is 19.0 Å². The van der Waals surface area contributed by atoms with Crippen molar-refractivity contribution in [1.82, 2.24) is 26.2 Å². The first-order valence-corrected chi connectivity index (χ1v) is 11.6. The second kappa shape index (κ2) is 16.0. The lowest BCUT2D eigenvalue weighted by Crippen LogP contribution is -2.55. The molecule has 0 unspecified atom stereocenters. The summed E-state index contributed by atoms with van der Waals surface area (Å²) in [6.07, 6.45) is 0.966. The third-order valence-electron chi connectivity index (χ3n) is 4.87. The number of likely N-dealkylation sites (N-methyl/N-ethyl adjacent to an activating group) is 1. The van der Waals surface area contributed by atoms with E-state index in [-0.39, 0.29) is 24.9 Å². The zero-order valence-corrected chi connectivity index (χ0v) is 21.1. The van der Waals surface area contributed by atoms with E-state index in [9.17, 15) is 24.0 Å². The van der Waals surface area contributed by atoms with Gasteiger partial charge in [0.2, 0.25) is 23.6 Å². The molecule has 0 radical (unpaired) electrons. The van der Waals surface area contributed by atoms with Crippen molar-refractivity contribution in [2.45, 2.75) is 90.5 Å². The summed E-state index contributed by atoms with van der Waals surface area (Å²) in [6, 6.07) is -2.55. The van der Waals surface area contributed by atoms with E-state index in [0.29, 0.717) is 12.5 Å². The molecule has 0 saturated carbocycles. The largest absolute Gasteiger partial charge is 0.481 e. The summed E-state index contributed by atoms with van der Waals surface area (Å²) in [7, 11) is 1.43. The Bertz CT molecular complexity index is 699. The Kier molecular flexibility index (Phi) is 14.7. The Morgan fingerprint density at radius 2 is 1.53 bits per heavy atom. The van der Waals surface area contributed by atoms with Gasteiger partial charge in [-0.05, 0) is 32.7 Å². The van der Waals surface area contributed by atoms with Crippen molar-refractivity contribution in [2.75, 3.05) is 20.1 Å². The fraction of sp³-hybridized carbons (Fsp3) is 0.773. The fourth-order valence-corrected chi connectivity index (χ4v) is 3.24. The molecule has 0 aromatic heterocycles. The first-order valence-electron chi connectivity index (χ1n) is 11.6. The Balaban J connectivity index is 4.99. The van der Waals surface area contributed by atoms with Crippen molar-refractivity contribution < 1.29 is 29.1 Å². The van der Waals surface area contributed by atoms with Crippen molar-refractivity contribution >= 4 is 29.6 Å². The van der Waals surface area contributed by atoms with Gasteiger partial charge in [-0.1, -0.05) is 27.7 Å². The molecule has 196 valence electrons. The molecule has 0 heterocycles. The van der Waals surface area contributed by atoms with Gasteiger partial charge in [0.15, 0.2) is 0 Å². The molecule has 4 amide bonds. The minimum atomic E-state index is -1.43. The molecule has 0 aromatic carbocycles. The second-order valence-electron chi connectivity index (χ2n) is 9.02. The summed E-state index contributed by atoms with van der Waals surface area (Å²) in [5.74, 6) is -3.92. The highest BCUT2D eigenvalue weighted by Gasteiger charge is 2.28. The summed E-state index contributed by atoms with van der Waals surface area (Å²) in [5.41, 5.74) is 5.39. The first kappa shape index (κ1) is 31.3. The molecule has 3 atom stereocenters. The van der Waals surface area contributed by atoms with Crippen LogP contribution in [0, 0.1) is 0 Å². The van der Waals surface area contributed by atoms with Crippen LogP contribution in [-0.4, -0.2) is 90.0 Å². The number of hydrogen-bond acceptors (Lipinski definition) is 7. The zero-order valence-electron chi connectivity index (χ0n) is 21.1. The number of primary amides is 1. The van der Waals surface area contributed by atoms with Crippen LogP contribution in [0.3, 0.4) is 0 Å². The number of carbonyl (C=O) groups is 5. The maximum Gasteiger partial charge on any atom is 0.305 e. The van der Waals surface area contributed by atoms with Crippen LogP contribution >= 0.6 is 0 Å². The van der Waals surface area contributed by atoms with E-state index < -0.39 is 48.2 Å². The van der Waals surface area contributed by atoms with Crippen LogP contribution in [0.15, 0.2) is 0 Å². The second-order valence-corrected chi connectivity index (χ2v) is 9.02. The maximum absolute atomic E-state index is 12.7. The molecule has 34 heavy (non-hydrogen) atoms. The Morgan fingerprint density at radius 3 is 2.03 bits per heavy atom. The van der Waals surface area contributed by atoms with Gasteiger partial charge >= 0.3 is 5.97 Å². The summed E-state index contributed by atoms with van der Waals surface area (Å²) < 4.78 is 0. The molecular weight excluding hydrogens is 444 g/mol. The average molecular weight is 487 g/mol. The van der Waals surface area contributed by atoms with Gasteiger partial charge in [-0.3, -0.25) is 24.0 Å². The Hall–Kier alpha value is -2.73. The van der Waals surface area contributed by atoms with Gasteiger partial charge in [-0.25, -0.2) is 0 Å². The van der Waals surface area contributed by atoms with Gasteiger partial charge in [0, 0.05) is 19.1 Å². The van der Waals surface area contributed by atoms with Crippen molar-refractivity contribution in [3.05, 3.63) is 0 Å². The number of rotatable bonds is 17. The van der Waals surface area contributed by atoms with Gasteiger partial charge < -0.3 is 37.0 Å². The van der Waals surface area contributed by atoms with Gasteiger partial charge in [0.25, 0.3) is 0 Å². The van der Waals surface area contributed by atoms with Crippen LogP contribution in [0.1, 0.15) is 60.3 Å². The van der Waals surface area contributed by atoms with Crippen LogP contribution in [0.25, 0.3) is 0 Å². The molecule has 7 N–H and O–H groups in total. The average Bonchev–Trinajstić information content (AvgIpc) is 2.69. The highest BCUT2D eigenvalue weighted by atomic mass is 16.4. The van der Waals surface area contributed by atoms with Crippen molar-refractivity contribution in [2.24, 2.45) is 5.73 Å². The lowest BCUT2D eigenvalue weighted by atomic mass is 10.1. The lowest BCUT2D eigenvalue weighted by molar-refractivity contribution is -0.142. The lowest BCUT2D eigenvalue weighted by Gasteiger charge is -2.25. The highest BCUT2D eigenvalue weighted by Crippen LogP contribution is 2.03. The van der Waals surface area contributed by atoms with Crippen molar-refractivity contribution in [1.29, 1.82) is 0 Å². The van der Waals surface area contributed by atoms with Gasteiger partial charge in [-0.2, -0.15) is 0 Å². The molecule has 0 aromatic rings. The van der Waals surface area contributed by atoms with Crippen molar-refractivity contribution in [3.63, 3.8) is 0 Å². The van der Waals surface area contributed by atoms with Crippen LogP contribution in [0.4, 0.5) is 0 Å². The number of nitrogens with two attached hydrogens (primary N) is 1. The number of carboxylic acid groups (broad SMARTS) is 1. The van der Waals surface area contributed by atoms with E-state index in [1.54, 1.807) is 6.92 Å². The molecule has 0 bridgehead atoms. The molecular formula is C22H42N6O6. The SMILES string of the molecule is CC(C)NCCCC[C@H](NC(=O)[C@H](CC(=O)O)NC(=O)CN(C)C(=O)[C@H](C)NC(C)C)C(N)=O. The third-order valence-corrected chi connectivity index (χ3v) is 4.87. The molecule has 0 fully saturated rings. The van der Waals surface area contributed by atoms with Crippen molar-refractivity contribution in [3.8, 4) is 0 Å². The number of nitrogens with zero attached hydrogens (tertiary/aromatic N) is 1. The van der Waals surface area contributed by atoms with E-state index in [1.807, 2.05) is 27.7 Å². The van der Waals surface area contributed by atoms with E-state index in [1.165, 1.54) is 11.9 Å². The van der Waals surface area contributed by atoms with E-state index in [2.05, 4.69) is 21.3 Å². The standard InChI is InChI=1S/C22H42N6O6/c1-13(2)24-10-8-7-9-16(20(23)32)27-21(33)17(11-19(30)31)26-18(29)12-28(6)22(34)15(5)25-14(3)4/h13-17,24-25H,7-12H2,1-6H3,(H2,23,32)(H,26,29)(H,27,33)(H,30,31)/t15-,16-,17-/m0/s1. The summed E-state index contributed by atoms with van der Waals surface area (Å²) in [6.45, 7) is 9.84. The molecule has 0 saturated heterocycles. The molecule has 0 spiro atoms. The molecule has 12 heteroatoms. The van der Waals surface area contributed by atoms with Crippen LogP contribution in [0.2, 0.25) is 0 Å². The van der Waals surface area contributed by atoms with Gasteiger partial charge in [0.1, 0.15) is 12.1 Å². The Morgan fingerprint density at radius 1 is 0.912 bits per heavy atom. The molecule has 0 aliphatic rings. The molecule has 0 aliphatic heterocycles. The predicted molar refractivity (Wildman–Crippen MR) is 128 cm³/mol. The third kappa shape index (κ3) is 13.7. The van der Waals surface area contributed by atoms with Crippen LogP contribution in [0.5, 0.6) is 0 Å². The van der Waals surface area contributed by atoms with Crippen LogP contribution in [-0.2, 0) is 24.0 Å². The number of amides is 4. The quantitative estimate of drug-likeness (QED) is 0.140. The van der Waals surface area contributed by atoms with E-state index in [0.717, 1.165) is 13.0 Å². The summed E-state index contributed by atoms with van der Waals surface area (Å²) in [4.78, 5) is 61.6. The van der Waals surface area contributed by atoms with E-state index in [4.69, 9.17) is 10.8 Å². The Labute approximate surface area is 201 Å². The minimum absolute atomic E-state index is 0.0643. The predicted octanol–water partition coefficient (Wildman–Crippen LogP) is -1.07. The maximum atomic E-state index is 12.7. The van der Waals surface area contributed by atoms with E-state index >= 15 is 0 Å². The molecule has 12 nitrogen and oxygen atoms in total. The molecule has 0 aliphatic carbocycles. The first-order chi connectivity index (χ1) is 15.7. The summed E-state index contributed by atoms with van der Waals surface area (Å²) in [5, 5.41) is 20.2. The number of unbranched alkanes of at least 4 members (excludes halogenated alkanes) is 1. The topological polar surface area (TPSA) is 183 Å². The smallest absolute Gasteiger partial charge is 0.305 e. The zero-order chi connectivity index (χ0) is 26.4. The number of carbonyl (C=O) groups excluding carboxylic acids is 4. The summed E-state index contributed by atoms with van der Waals surface area (Å²) >= 11 is 0. The highest BCUT2D eigenvalue weighted by molar-refractivity contribution is 5.94. The minimum Gasteiger partial charge on any atom is -0.481 e. The monoisotopic (exact) mass is 486 g/mol.